The van der Waals surface area contributed by atoms with Gasteiger partial charge in [-0.15, -0.1) is 0 Å². The van der Waals surface area contributed by atoms with Crippen molar-refractivity contribution in [1.29, 1.82) is 0 Å². The zero-order chi connectivity index (χ0) is 14.8. The molecule has 1 aromatic heterocycles. The summed E-state index contributed by atoms with van der Waals surface area (Å²) in [5, 5.41) is 3.34. The predicted molar refractivity (Wildman–Crippen MR) is 80.1 cm³/mol. The molecule has 0 aromatic carbocycles. The van der Waals surface area contributed by atoms with Crippen LogP contribution in [0.15, 0.2) is 17.2 Å². The number of rotatable bonds is 6. The molecular weight excluding hydrogens is 274 g/mol. The summed E-state index contributed by atoms with van der Waals surface area (Å²) in [6.07, 6.45) is 3.70. The van der Waals surface area contributed by atoms with Crippen molar-refractivity contribution >= 4 is 10.0 Å². The van der Waals surface area contributed by atoms with E-state index in [9.17, 15) is 8.42 Å². The van der Waals surface area contributed by atoms with Crippen LogP contribution in [-0.4, -0.2) is 36.4 Å². The van der Waals surface area contributed by atoms with E-state index in [-0.39, 0.29) is 0 Å². The van der Waals surface area contributed by atoms with Crippen LogP contribution in [0.3, 0.4) is 0 Å². The molecule has 0 spiro atoms. The molecule has 1 aromatic rings. The van der Waals surface area contributed by atoms with E-state index in [1.807, 2.05) is 17.6 Å². The lowest BCUT2D eigenvalue weighted by molar-refractivity contribution is 0.477. The van der Waals surface area contributed by atoms with E-state index in [1.165, 1.54) is 0 Å². The molecule has 6 heteroatoms. The van der Waals surface area contributed by atoms with Crippen molar-refractivity contribution in [2.75, 3.05) is 13.1 Å². The van der Waals surface area contributed by atoms with Crippen LogP contribution in [0.25, 0.3) is 0 Å². The molecule has 1 fully saturated rings. The summed E-state index contributed by atoms with van der Waals surface area (Å²) in [4.78, 5) is 0.432. The van der Waals surface area contributed by atoms with Gasteiger partial charge in [-0.05, 0) is 25.8 Å². The minimum atomic E-state index is -3.30. The third-order valence-corrected chi connectivity index (χ3v) is 5.56. The highest BCUT2D eigenvalue weighted by Gasteiger charge is 2.28. The average molecular weight is 299 g/mol. The van der Waals surface area contributed by atoms with Crippen LogP contribution in [0.2, 0.25) is 0 Å². The molecule has 0 unspecified atom stereocenters. The van der Waals surface area contributed by atoms with E-state index in [0.717, 1.165) is 25.1 Å². The Labute approximate surface area is 122 Å². The van der Waals surface area contributed by atoms with Gasteiger partial charge in [-0.3, -0.25) is 0 Å². The van der Waals surface area contributed by atoms with Gasteiger partial charge in [-0.1, -0.05) is 13.8 Å². The van der Waals surface area contributed by atoms with Crippen LogP contribution < -0.4 is 5.32 Å². The Morgan fingerprint density at radius 3 is 2.50 bits per heavy atom. The van der Waals surface area contributed by atoms with Gasteiger partial charge in [0.2, 0.25) is 10.0 Å². The van der Waals surface area contributed by atoms with Crippen molar-refractivity contribution in [3.63, 3.8) is 0 Å². The van der Waals surface area contributed by atoms with Crippen molar-refractivity contribution in [3.05, 3.63) is 18.0 Å². The standard InChI is InChI=1S/C14H25N3O2S/c1-4-16-11-14(9-13(16)10-15-12(2)3)20(18,19)17-7-5-6-8-17/h9,11-12,15H,4-8,10H2,1-3H3. The number of aryl methyl sites for hydroxylation is 1. The van der Waals surface area contributed by atoms with Gasteiger partial charge in [0.1, 0.15) is 4.90 Å². The summed E-state index contributed by atoms with van der Waals surface area (Å²) < 4.78 is 28.7. The molecule has 1 aliphatic heterocycles. The first-order valence-corrected chi connectivity index (χ1v) is 8.81. The van der Waals surface area contributed by atoms with Crippen molar-refractivity contribution in [3.8, 4) is 0 Å². The normalized spacial score (nSPS) is 17.2. The van der Waals surface area contributed by atoms with Crippen molar-refractivity contribution < 1.29 is 8.42 Å². The maximum Gasteiger partial charge on any atom is 0.244 e. The molecule has 1 N–H and O–H groups in total. The van der Waals surface area contributed by atoms with Gasteiger partial charge in [-0.2, -0.15) is 4.31 Å². The second-order valence-electron chi connectivity index (χ2n) is 5.60. The summed E-state index contributed by atoms with van der Waals surface area (Å²) in [5.74, 6) is 0. The number of nitrogens with zero attached hydrogens (tertiary/aromatic N) is 2. The first-order valence-electron chi connectivity index (χ1n) is 7.37. The fourth-order valence-corrected chi connectivity index (χ4v) is 4.08. The molecule has 0 bridgehead atoms. The van der Waals surface area contributed by atoms with Crippen molar-refractivity contribution in [1.82, 2.24) is 14.2 Å². The van der Waals surface area contributed by atoms with Gasteiger partial charge in [0.25, 0.3) is 0 Å². The quantitative estimate of drug-likeness (QED) is 0.871. The van der Waals surface area contributed by atoms with Gasteiger partial charge < -0.3 is 9.88 Å². The van der Waals surface area contributed by atoms with Gasteiger partial charge >= 0.3 is 0 Å². The Kier molecular flexibility index (Phi) is 4.88. The topological polar surface area (TPSA) is 54.3 Å². The van der Waals surface area contributed by atoms with Gasteiger partial charge in [0.15, 0.2) is 0 Å². The molecule has 0 saturated carbocycles. The smallest absolute Gasteiger partial charge is 0.244 e. The molecule has 2 rings (SSSR count). The van der Waals surface area contributed by atoms with Gasteiger partial charge in [0, 0.05) is 44.1 Å². The summed E-state index contributed by atoms with van der Waals surface area (Å²) >= 11 is 0. The van der Waals surface area contributed by atoms with E-state index in [0.29, 0.717) is 30.6 Å². The number of nitrogens with one attached hydrogen (secondary N) is 1. The molecule has 114 valence electrons. The number of sulfonamides is 1. The zero-order valence-corrected chi connectivity index (χ0v) is 13.4. The summed E-state index contributed by atoms with van der Waals surface area (Å²) in [6, 6.07) is 2.20. The van der Waals surface area contributed by atoms with E-state index in [2.05, 4.69) is 19.2 Å². The second-order valence-corrected chi connectivity index (χ2v) is 7.54. The lowest BCUT2D eigenvalue weighted by Crippen LogP contribution is -2.27. The third kappa shape index (κ3) is 3.24. The number of hydrogen-bond donors (Lipinski definition) is 1. The lowest BCUT2D eigenvalue weighted by atomic mass is 10.3. The molecule has 0 aliphatic carbocycles. The van der Waals surface area contributed by atoms with Crippen LogP contribution in [-0.2, 0) is 23.1 Å². The zero-order valence-electron chi connectivity index (χ0n) is 12.6. The number of aromatic nitrogens is 1. The summed E-state index contributed by atoms with van der Waals surface area (Å²) in [7, 11) is -3.30. The fourth-order valence-electron chi connectivity index (χ4n) is 2.50. The highest BCUT2D eigenvalue weighted by atomic mass is 32.2. The Morgan fingerprint density at radius 1 is 1.30 bits per heavy atom. The van der Waals surface area contributed by atoms with Gasteiger partial charge in [0.05, 0.1) is 0 Å². The maximum absolute atomic E-state index is 12.5. The van der Waals surface area contributed by atoms with Crippen LogP contribution in [0.5, 0.6) is 0 Å². The average Bonchev–Trinajstić information content (AvgIpc) is 3.05. The molecule has 0 radical (unpaired) electrons. The molecule has 2 heterocycles. The van der Waals surface area contributed by atoms with E-state index in [1.54, 1.807) is 10.5 Å². The van der Waals surface area contributed by atoms with E-state index in [4.69, 9.17) is 0 Å². The van der Waals surface area contributed by atoms with Crippen LogP contribution >= 0.6 is 0 Å². The van der Waals surface area contributed by atoms with Crippen LogP contribution in [0.4, 0.5) is 0 Å². The Bertz CT molecular complexity index is 543. The highest BCUT2D eigenvalue weighted by Crippen LogP contribution is 2.23. The van der Waals surface area contributed by atoms with Crippen molar-refractivity contribution in [2.24, 2.45) is 0 Å². The summed E-state index contributed by atoms with van der Waals surface area (Å²) in [5.41, 5.74) is 1.03. The first-order chi connectivity index (χ1) is 9.45. The molecular formula is C14H25N3O2S. The molecule has 5 nitrogen and oxygen atoms in total. The number of hydrogen-bond acceptors (Lipinski definition) is 3. The largest absolute Gasteiger partial charge is 0.349 e. The monoisotopic (exact) mass is 299 g/mol. The highest BCUT2D eigenvalue weighted by molar-refractivity contribution is 7.89. The fraction of sp³-hybridized carbons (Fsp3) is 0.714. The second kappa shape index (κ2) is 6.28. The van der Waals surface area contributed by atoms with E-state index < -0.39 is 10.0 Å². The minimum absolute atomic E-state index is 0.383. The Hall–Kier alpha value is -0.850. The lowest BCUT2D eigenvalue weighted by Gasteiger charge is -2.13. The SMILES string of the molecule is CCn1cc(S(=O)(=O)N2CCCC2)cc1CNC(C)C. The Morgan fingerprint density at radius 2 is 1.95 bits per heavy atom. The molecule has 0 amide bonds. The molecule has 1 saturated heterocycles. The molecule has 20 heavy (non-hydrogen) atoms. The minimum Gasteiger partial charge on any atom is -0.349 e. The first kappa shape index (κ1) is 15.5. The van der Waals surface area contributed by atoms with Crippen molar-refractivity contribution in [2.45, 2.75) is 57.6 Å². The van der Waals surface area contributed by atoms with Crippen LogP contribution in [0, 0.1) is 0 Å². The molecule has 0 atom stereocenters. The third-order valence-electron chi connectivity index (χ3n) is 3.70. The van der Waals surface area contributed by atoms with Gasteiger partial charge in [-0.25, -0.2) is 8.42 Å². The van der Waals surface area contributed by atoms with Crippen LogP contribution in [0.1, 0.15) is 39.3 Å². The van der Waals surface area contributed by atoms with E-state index >= 15 is 0 Å². The maximum atomic E-state index is 12.5. The predicted octanol–water partition coefficient (Wildman–Crippen LogP) is 1.79. The Balaban J connectivity index is 2.24. The summed E-state index contributed by atoms with van der Waals surface area (Å²) in [6.45, 7) is 8.98. The molecule has 1 aliphatic rings.